The molecule has 0 atom stereocenters. The molecule has 1 aromatic heterocycles. The van der Waals surface area contributed by atoms with E-state index in [2.05, 4.69) is 9.71 Å². The molecule has 0 amide bonds. The Hall–Kier alpha value is -2.99. The van der Waals surface area contributed by atoms with Crippen molar-refractivity contribution in [2.75, 3.05) is 31.0 Å². The van der Waals surface area contributed by atoms with Gasteiger partial charge in [0.1, 0.15) is 12.4 Å². The van der Waals surface area contributed by atoms with E-state index in [0.29, 0.717) is 24.7 Å². The molecule has 0 aliphatic carbocycles. The highest BCUT2D eigenvalue weighted by Gasteiger charge is 2.26. The molecule has 11 heteroatoms. The van der Waals surface area contributed by atoms with E-state index in [-0.39, 0.29) is 29.5 Å². The molecular weight excluding hydrogens is 466 g/mol. The van der Waals surface area contributed by atoms with Gasteiger partial charge in [0, 0.05) is 25.4 Å². The highest BCUT2D eigenvalue weighted by Crippen LogP contribution is 2.23. The summed E-state index contributed by atoms with van der Waals surface area (Å²) in [7, 11) is -7.63. The molecule has 1 saturated heterocycles. The molecule has 33 heavy (non-hydrogen) atoms. The number of nitrogens with one attached hydrogen (secondary N) is 1. The van der Waals surface area contributed by atoms with E-state index in [1.165, 1.54) is 28.6 Å². The molecule has 1 aliphatic heterocycles. The fraction of sp³-hybridized carbons (Fsp3) is 0.227. The van der Waals surface area contributed by atoms with Crippen LogP contribution in [0.1, 0.15) is 5.69 Å². The lowest BCUT2D eigenvalue weighted by atomic mass is 10.3. The lowest BCUT2D eigenvalue weighted by Crippen LogP contribution is -2.40. The number of aromatic nitrogens is 1. The van der Waals surface area contributed by atoms with E-state index in [4.69, 9.17) is 9.47 Å². The van der Waals surface area contributed by atoms with E-state index in [0.717, 1.165) is 5.69 Å². The summed E-state index contributed by atoms with van der Waals surface area (Å²) in [6.07, 6.45) is 1.67. The van der Waals surface area contributed by atoms with Crippen LogP contribution >= 0.6 is 0 Å². The number of sulfonamides is 2. The van der Waals surface area contributed by atoms with Gasteiger partial charge in [-0.3, -0.25) is 9.71 Å². The van der Waals surface area contributed by atoms with Crippen LogP contribution in [0.4, 0.5) is 5.69 Å². The summed E-state index contributed by atoms with van der Waals surface area (Å²) >= 11 is 0. The lowest BCUT2D eigenvalue weighted by molar-refractivity contribution is 0.0730. The number of hydrogen-bond acceptors (Lipinski definition) is 7. The van der Waals surface area contributed by atoms with E-state index in [1.54, 1.807) is 30.5 Å². The summed E-state index contributed by atoms with van der Waals surface area (Å²) in [6.45, 7) is 1.45. The van der Waals surface area contributed by atoms with Crippen LogP contribution in [0.5, 0.6) is 5.75 Å². The number of hydrogen-bond donors (Lipinski definition) is 1. The van der Waals surface area contributed by atoms with Crippen molar-refractivity contribution in [2.24, 2.45) is 0 Å². The Balaban J connectivity index is 1.45. The molecule has 0 bridgehead atoms. The molecule has 1 aliphatic rings. The van der Waals surface area contributed by atoms with Crippen molar-refractivity contribution in [3.05, 3.63) is 78.6 Å². The third-order valence-electron chi connectivity index (χ3n) is 4.94. The van der Waals surface area contributed by atoms with Crippen molar-refractivity contribution in [1.29, 1.82) is 0 Å². The second-order valence-corrected chi connectivity index (χ2v) is 10.9. The first kappa shape index (κ1) is 23.2. The van der Waals surface area contributed by atoms with Crippen LogP contribution in [0.15, 0.2) is 82.7 Å². The first-order valence-electron chi connectivity index (χ1n) is 10.2. The minimum Gasteiger partial charge on any atom is -0.487 e. The Bertz CT molecular complexity index is 1290. The smallest absolute Gasteiger partial charge is 0.261 e. The van der Waals surface area contributed by atoms with Crippen LogP contribution in [-0.2, 0) is 31.4 Å². The zero-order valence-corrected chi connectivity index (χ0v) is 19.3. The fourth-order valence-electron chi connectivity index (χ4n) is 3.23. The number of anilines is 1. The molecule has 0 saturated carbocycles. The summed E-state index contributed by atoms with van der Waals surface area (Å²) in [5.41, 5.74) is 1.06. The first-order chi connectivity index (χ1) is 15.8. The maximum atomic E-state index is 12.8. The third-order valence-corrected chi connectivity index (χ3v) is 8.25. The third kappa shape index (κ3) is 5.69. The molecular formula is C22H23N3O6S2. The predicted octanol–water partition coefficient (Wildman–Crippen LogP) is 2.48. The number of pyridine rings is 1. The van der Waals surface area contributed by atoms with Gasteiger partial charge in [0.25, 0.3) is 10.0 Å². The van der Waals surface area contributed by atoms with Crippen molar-refractivity contribution in [2.45, 2.75) is 16.4 Å². The van der Waals surface area contributed by atoms with Crippen molar-refractivity contribution in [1.82, 2.24) is 9.29 Å². The first-order valence-corrected chi connectivity index (χ1v) is 13.1. The average Bonchev–Trinajstić information content (AvgIpc) is 2.84. The molecule has 1 fully saturated rings. The van der Waals surface area contributed by atoms with Crippen LogP contribution in [0, 0.1) is 0 Å². The van der Waals surface area contributed by atoms with Crippen molar-refractivity contribution in [3.8, 4) is 5.75 Å². The van der Waals surface area contributed by atoms with Gasteiger partial charge in [0.05, 0.1) is 34.4 Å². The fourth-order valence-corrected chi connectivity index (χ4v) is 5.69. The van der Waals surface area contributed by atoms with Gasteiger partial charge in [-0.25, -0.2) is 16.8 Å². The largest absolute Gasteiger partial charge is 0.487 e. The maximum Gasteiger partial charge on any atom is 0.261 e. The van der Waals surface area contributed by atoms with Crippen LogP contribution in [0.25, 0.3) is 0 Å². The quantitative estimate of drug-likeness (QED) is 0.517. The van der Waals surface area contributed by atoms with Crippen LogP contribution in [0.3, 0.4) is 0 Å². The summed E-state index contributed by atoms with van der Waals surface area (Å²) < 4.78 is 65.8. The van der Waals surface area contributed by atoms with Gasteiger partial charge in [-0.05, 0) is 48.5 Å². The minimum absolute atomic E-state index is 0.0354. The molecule has 0 spiro atoms. The van der Waals surface area contributed by atoms with E-state index < -0.39 is 20.0 Å². The standard InChI is InChI=1S/C22H23N3O6S2/c26-32(27,21-7-9-22(10-8-21)33(28,29)25-12-14-30-15-13-25)24-18-5-3-6-20(16-18)31-17-19-4-1-2-11-23-19/h1-11,16,24H,12-15,17H2. The van der Waals surface area contributed by atoms with Crippen LogP contribution in [0.2, 0.25) is 0 Å². The zero-order chi connectivity index (χ0) is 23.3. The highest BCUT2D eigenvalue weighted by molar-refractivity contribution is 7.92. The summed E-state index contributed by atoms with van der Waals surface area (Å²) in [5, 5.41) is 0. The van der Waals surface area contributed by atoms with Gasteiger partial charge >= 0.3 is 0 Å². The Morgan fingerprint density at radius 1 is 0.909 bits per heavy atom. The van der Waals surface area contributed by atoms with Crippen LogP contribution < -0.4 is 9.46 Å². The highest BCUT2D eigenvalue weighted by atomic mass is 32.2. The minimum atomic E-state index is -3.93. The second-order valence-electron chi connectivity index (χ2n) is 7.23. The summed E-state index contributed by atoms with van der Waals surface area (Å²) in [5.74, 6) is 0.479. The number of nitrogens with zero attached hydrogens (tertiary/aromatic N) is 2. The molecule has 0 radical (unpaired) electrons. The topological polar surface area (TPSA) is 115 Å². The van der Waals surface area contributed by atoms with Gasteiger partial charge in [0.15, 0.2) is 0 Å². The SMILES string of the molecule is O=S(=O)(Nc1cccc(OCc2ccccn2)c1)c1ccc(S(=O)(=O)N2CCOCC2)cc1. The average molecular weight is 490 g/mol. The van der Waals surface area contributed by atoms with Crippen molar-refractivity contribution < 1.29 is 26.3 Å². The predicted molar refractivity (Wildman–Crippen MR) is 122 cm³/mol. The Morgan fingerprint density at radius 3 is 2.33 bits per heavy atom. The van der Waals surface area contributed by atoms with E-state index in [1.807, 2.05) is 18.2 Å². The molecule has 0 unspecified atom stereocenters. The Labute approximate surface area is 193 Å². The van der Waals surface area contributed by atoms with Crippen LogP contribution in [-0.4, -0.2) is 52.4 Å². The number of rotatable bonds is 8. The molecule has 174 valence electrons. The van der Waals surface area contributed by atoms with Gasteiger partial charge < -0.3 is 9.47 Å². The zero-order valence-electron chi connectivity index (χ0n) is 17.6. The van der Waals surface area contributed by atoms with E-state index >= 15 is 0 Å². The van der Waals surface area contributed by atoms with Crippen molar-refractivity contribution in [3.63, 3.8) is 0 Å². The number of benzene rings is 2. The van der Waals surface area contributed by atoms with Crippen molar-refractivity contribution >= 4 is 25.7 Å². The number of morpholine rings is 1. The van der Waals surface area contributed by atoms with E-state index in [9.17, 15) is 16.8 Å². The lowest BCUT2D eigenvalue weighted by Gasteiger charge is -2.26. The molecule has 2 aromatic carbocycles. The Morgan fingerprint density at radius 2 is 1.64 bits per heavy atom. The summed E-state index contributed by atoms with van der Waals surface area (Å²) in [6, 6.07) is 17.2. The molecule has 4 rings (SSSR count). The normalized spacial score (nSPS) is 15.2. The maximum absolute atomic E-state index is 12.8. The molecule has 2 heterocycles. The number of ether oxygens (including phenoxy) is 2. The molecule has 3 aromatic rings. The second kappa shape index (κ2) is 9.87. The summed E-state index contributed by atoms with van der Waals surface area (Å²) in [4.78, 5) is 4.16. The monoisotopic (exact) mass is 489 g/mol. The van der Waals surface area contributed by atoms with Gasteiger partial charge in [-0.1, -0.05) is 12.1 Å². The van der Waals surface area contributed by atoms with Gasteiger partial charge in [0.2, 0.25) is 10.0 Å². The van der Waals surface area contributed by atoms with Gasteiger partial charge in [-0.2, -0.15) is 4.31 Å². The molecule has 1 N–H and O–H groups in total. The Kier molecular flexibility index (Phi) is 6.94. The van der Waals surface area contributed by atoms with Gasteiger partial charge in [-0.15, -0.1) is 0 Å². The molecule has 9 nitrogen and oxygen atoms in total.